The van der Waals surface area contributed by atoms with E-state index < -0.39 is 0 Å². The minimum atomic E-state index is 0.233. The summed E-state index contributed by atoms with van der Waals surface area (Å²) in [6.45, 7) is 20.5. The van der Waals surface area contributed by atoms with Crippen LogP contribution in [0.1, 0.15) is 80.8 Å². The standard InChI is InChI=1S/C24H32BBrS2.C9H16N2/c1-18(26)16-17-25(19-8-12-21(13-9-19)27-23(2,3)4)20-10-14-22(15-11-20)28-24(5,6)7;1-8(2)4-3-5-9-6-10-7-11-9/h8-16H,17H2,1-7H3;6-8H,3-5H2,1-2H3,(H,10,11). The number of H-pyrrole nitrogens is 1. The monoisotopic (exact) mass is 626 g/mol. The number of hydrogen-bond donors (Lipinski definition) is 1. The van der Waals surface area contributed by atoms with Crippen LogP contribution in [-0.4, -0.2) is 26.2 Å². The smallest absolute Gasteiger partial charge is 0.213 e. The van der Waals surface area contributed by atoms with Gasteiger partial charge in [0.15, 0.2) is 0 Å². The van der Waals surface area contributed by atoms with Crippen LogP contribution >= 0.6 is 39.5 Å². The molecule has 3 aromatic rings. The zero-order valence-electron chi connectivity index (χ0n) is 25.5. The van der Waals surface area contributed by atoms with Crippen LogP contribution in [0.5, 0.6) is 0 Å². The van der Waals surface area contributed by atoms with Crippen molar-refractivity contribution in [3.63, 3.8) is 0 Å². The fourth-order valence-electron chi connectivity index (χ4n) is 4.11. The second kappa shape index (κ2) is 16.2. The number of benzene rings is 2. The lowest BCUT2D eigenvalue weighted by Crippen LogP contribution is -2.41. The molecule has 2 nitrogen and oxygen atoms in total. The van der Waals surface area contributed by atoms with Gasteiger partial charge in [-0.1, -0.05) is 119 Å². The van der Waals surface area contributed by atoms with Gasteiger partial charge in [0, 0.05) is 31.2 Å². The summed E-state index contributed by atoms with van der Waals surface area (Å²) in [7, 11) is 0. The normalized spacial score (nSPS) is 12.3. The van der Waals surface area contributed by atoms with Crippen molar-refractivity contribution < 1.29 is 0 Å². The van der Waals surface area contributed by atoms with Crippen LogP contribution in [0, 0.1) is 5.92 Å². The molecule has 0 unspecified atom stereocenters. The van der Waals surface area contributed by atoms with Crippen LogP contribution < -0.4 is 10.9 Å². The Morgan fingerprint density at radius 2 is 1.38 bits per heavy atom. The molecule has 0 atom stereocenters. The first-order valence-corrected chi connectivity index (χ1v) is 16.5. The highest BCUT2D eigenvalue weighted by Crippen LogP contribution is 2.32. The van der Waals surface area contributed by atoms with Crippen molar-refractivity contribution in [3.05, 3.63) is 77.3 Å². The number of aromatic nitrogens is 2. The van der Waals surface area contributed by atoms with Crippen molar-refractivity contribution in [3.8, 4) is 0 Å². The third-order valence-electron chi connectivity index (χ3n) is 5.83. The molecule has 2 aromatic carbocycles. The van der Waals surface area contributed by atoms with Crippen LogP contribution in [0.3, 0.4) is 0 Å². The average Bonchev–Trinajstić information content (AvgIpc) is 3.33. The molecule has 39 heavy (non-hydrogen) atoms. The SMILES string of the molecule is CC(Br)=CCB(c1ccc(SC(C)(C)C)cc1)c1ccc(SC(C)(C)C)cc1.CC(C)CCCc1cnc[nH]1. The minimum absolute atomic E-state index is 0.233. The summed E-state index contributed by atoms with van der Waals surface area (Å²) in [6, 6.07) is 18.3. The second-order valence-corrected chi connectivity index (χ2v) is 17.6. The maximum Gasteiger partial charge on any atom is 0.213 e. The van der Waals surface area contributed by atoms with Gasteiger partial charge in [-0.25, -0.2) is 4.98 Å². The van der Waals surface area contributed by atoms with Crippen LogP contribution in [0.4, 0.5) is 0 Å². The van der Waals surface area contributed by atoms with E-state index in [1.54, 1.807) is 6.33 Å². The Balaban J connectivity index is 0.000000404. The van der Waals surface area contributed by atoms with Crippen molar-refractivity contribution in [1.29, 1.82) is 0 Å². The first-order valence-electron chi connectivity index (χ1n) is 14.1. The van der Waals surface area contributed by atoms with E-state index in [1.807, 2.05) is 29.7 Å². The maximum absolute atomic E-state index is 3.96. The summed E-state index contributed by atoms with van der Waals surface area (Å²) >= 11 is 7.43. The van der Waals surface area contributed by atoms with E-state index in [1.165, 1.54) is 43.7 Å². The molecular weight excluding hydrogens is 579 g/mol. The highest BCUT2D eigenvalue weighted by molar-refractivity contribution is 9.11. The quantitative estimate of drug-likeness (QED) is 0.179. The third-order valence-corrected chi connectivity index (χ3v) is 8.39. The largest absolute Gasteiger partial charge is 0.348 e. The molecule has 212 valence electrons. The van der Waals surface area contributed by atoms with Gasteiger partial charge in [0.2, 0.25) is 6.71 Å². The molecule has 0 fully saturated rings. The molecule has 0 radical (unpaired) electrons. The first-order chi connectivity index (χ1) is 18.2. The van der Waals surface area contributed by atoms with E-state index in [0.717, 1.165) is 18.7 Å². The number of nitrogens with one attached hydrogen (secondary N) is 1. The van der Waals surface area contributed by atoms with E-state index in [-0.39, 0.29) is 9.49 Å². The third kappa shape index (κ3) is 14.7. The Morgan fingerprint density at radius 3 is 1.74 bits per heavy atom. The molecule has 3 rings (SSSR count). The van der Waals surface area contributed by atoms with E-state index in [9.17, 15) is 0 Å². The fraction of sp³-hybridized carbons (Fsp3) is 0.485. The molecule has 0 aliphatic carbocycles. The lowest BCUT2D eigenvalue weighted by atomic mass is 9.39. The summed E-state index contributed by atoms with van der Waals surface area (Å²) < 4.78 is 1.66. The molecule has 0 amide bonds. The van der Waals surface area contributed by atoms with Crippen LogP contribution in [0.2, 0.25) is 6.32 Å². The summed E-state index contributed by atoms with van der Waals surface area (Å²) in [5.74, 6) is 0.818. The van der Waals surface area contributed by atoms with Crippen molar-refractivity contribution >= 4 is 57.1 Å². The molecule has 0 aliphatic rings. The van der Waals surface area contributed by atoms with Crippen molar-refractivity contribution in [2.24, 2.45) is 5.92 Å². The molecule has 0 aliphatic heterocycles. The zero-order chi connectivity index (χ0) is 29.1. The summed E-state index contributed by atoms with van der Waals surface area (Å²) in [6.07, 6.45) is 10.6. The molecule has 1 heterocycles. The summed E-state index contributed by atoms with van der Waals surface area (Å²) in [5.41, 5.74) is 4.00. The molecule has 0 spiro atoms. The lowest BCUT2D eigenvalue weighted by molar-refractivity contribution is 0.553. The zero-order valence-corrected chi connectivity index (χ0v) is 28.7. The summed E-state index contributed by atoms with van der Waals surface area (Å²) in [4.78, 5) is 9.73. The first kappa shape index (κ1) is 33.8. The molecule has 1 N–H and O–H groups in total. The topological polar surface area (TPSA) is 28.7 Å². The molecule has 0 saturated heterocycles. The number of imidazole rings is 1. The average molecular weight is 628 g/mol. The van der Waals surface area contributed by atoms with Gasteiger partial charge in [-0.3, -0.25) is 0 Å². The number of aryl methyl sites for hydroxylation is 1. The van der Waals surface area contributed by atoms with E-state index in [0.29, 0.717) is 6.71 Å². The number of rotatable bonds is 10. The Labute approximate surface area is 256 Å². The van der Waals surface area contributed by atoms with Gasteiger partial charge in [-0.2, -0.15) is 0 Å². The van der Waals surface area contributed by atoms with E-state index in [2.05, 4.69) is 143 Å². The molecular formula is C33H48BBrN2S2. The molecule has 0 bridgehead atoms. The highest BCUT2D eigenvalue weighted by Gasteiger charge is 2.20. The molecule has 0 saturated carbocycles. The van der Waals surface area contributed by atoms with Crippen LogP contribution in [0.15, 0.2) is 81.4 Å². The van der Waals surface area contributed by atoms with Crippen molar-refractivity contribution in [1.82, 2.24) is 9.97 Å². The number of thioether (sulfide) groups is 2. The van der Waals surface area contributed by atoms with Crippen LogP contribution in [0.25, 0.3) is 0 Å². The van der Waals surface area contributed by atoms with Crippen molar-refractivity contribution in [2.45, 2.75) is 107 Å². The van der Waals surface area contributed by atoms with Gasteiger partial charge >= 0.3 is 0 Å². The second-order valence-electron chi connectivity index (χ2n) is 12.5. The number of aromatic amines is 1. The van der Waals surface area contributed by atoms with Crippen LogP contribution in [-0.2, 0) is 6.42 Å². The van der Waals surface area contributed by atoms with Gasteiger partial charge in [-0.15, -0.1) is 23.5 Å². The Morgan fingerprint density at radius 1 is 0.897 bits per heavy atom. The van der Waals surface area contributed by atoms with E-state index >= 15 is 0 Å². The lowest BCUT2D eigenvalue weighted by Gasteiger charge is -2.20. The van der Waals surface area contributed by atoms with Gasteiger partial charge in [0.05, 0.1) is 6.33 Å². The van der Waals surface area contributed by atoms with Gasteiger partial charge < -0.3 is 4.98 Å². The van der Waals surface area contributed by atoms with E-state index in [4.69, 9.17) is 0 Å². The molecule has 6 heteroatoms. The predicted molar refractivity (Wildman–Crippen MR) is 183 cm³/mol. The van der Waals surface area contributed by atoms with Gasteiger partial charge in [0.1, 0.15) is 0 Å². The fourth-order valence-corrected chi connectivity index (χ4v) is 6.26. The highest BCUT2D eigenvalue weighted by atomic mass is 79.9. The summed E-state index contributed by atoms with van der Waals surface area (Å²) in [5, 5.41) is 0. The predicted octanol–water partition coefficient (Wildman–Crippen LogP) is 9.76. The Kier molecular flexibility index (Phi) is 14.0. The van der Waals surface area contributed by atoms with Crippen molar-refractivity contribution in [2.75, 3.05) is 0 Å². The van der Waals surface area contributed by atoms with Gasteiger partial charge in [0.25, 0.3) is 0 Å². The molecule has 1 aromatic heterocycles. The Bertz CT molecular complexity index is 1050. The Hall–Kier alpha value is -1.37. The number of allylic oxidation sites excluding steroid dienone is 2. The number of halogens is 1. The maximum atomic E-state index is 3.96. The van der Waals surface area contributed by atoms with Gasteiger partial charge in [-0.05, 0) is 60.8 Å². The number of nitrogens with zero attached hydrogens (tertiary/aromatic N) is 1. The number of hydrogen-bond acceptors (Lipinski definition) is 3. The minimum Gasteiger partial charge on any atom is -0.348 e.